The molecular weight excluding hydrogens is 249 g/mol. The summed E-state index contributed by atoms with van der Waals surface area (Å²) in [7, 11) is 0. The van der Waals surface area contributed by atoms with E-state index >= 15 is 0 Å². The predicted octanol–water partition coefficient (Wildman–Crippen LogP) is 1.71. The molecule has 19 heavy (non-hydrogen) atoms. The fourth-order valence-electron chi connectivity index (χ4n) is 1.62. The molecule has 0 bridgehead atoms. The SMILES string of the molecule is CCCNCc1cccc(F)c1OCCOCCO. The zero-order chi connectivity index (χ0) is 13.9. The van der Waals surface area contributed by atoms with Crippen LogP contribution in [0.15, 0.2) is 18.2 Å². The zero-order valence-electron chi connectivity index (χ0n) is 11.3. The number of aliphatic hydroxyl groups is 1. The average molecular weight is 271 g/mol. The number of para-hydroxylation sites is 1. The third-order valence-electron chi connectivity index (χ3n) is 2.50. The van der Waals surface area contributed by atoms with Crippen molar-refractivity contribution in [3.63, 3.8) is 0 Å². The minimum Gasteiger partial charge on any atom is -0.488 e. The Bertz CT molecular complexity index is 361. The Balaban J connectivity index is 2.49. The van der Waals surface area contributed by atoms with Gasteiger partial charge in [-0.05, 0) is 19.0 Å². The van der Waals surface area contributed by atoms with Crippen LogP contribution in [0.5, 0.6) is 5.75 Å². The van der Waals surface area contributed by atoms with Crippen molar-refractivity contribution in [3.05, 3.63) is 29.6 Å². The van der Waals surface area contributed by atoms with Crippen LogP contribution >= 0.6 is 0 Å². The van der Waals surface area contributed by atoms with Crippen molar-refractivity contribution in [1.82, 2.24) is 5.32 Å². The van der Waals surface area contributed by atoms with Crippen molar-refractivity contribution in [2.75, 3.05) is 33.0 Å². The second-order valence-corrected chi connectivity index (χ2v) is 4.09. The van der Waals surface area contributed by atoms with E-state index in [9.17, 15) is 4.39 Å². The predicted molar refractivity (Wildman–Crippen MR) is 71.8 cm³/mol. The highest BCUT2D eigenvalue weighted by molar-refractivity contribution is 5.34. The van der Waals surface area contributed by atoms with Crippen LogP contribution in [0.2, 0.25) is 0 Å². The van der Waals surface area contributed by atoms with Gasteiger partial charge in [0, 0.05) is 12.1 Å². The molecule has 0 heterocycles. The highest BCUT2D eigenvalue weighted by Gasteiger charge is 2.09. The van der Waals surface area contributed by atoms with Gasteiger partial charge in [0.25, 0.3) is 0 Å². The molecule has 1 aromatic rings. The number of aliphatic hydroxyl groups excluding tert-OH is 1. The van der Waals surface area contributed by atoms with Gasteiger partial charge in [0.1, 0.15) is 6.61 Å². The Morgan fingerprint density at radius 1 is 1.26 bits per heavy atom. The first-order chi connectivity index (χ1) is 9.29. The van der Waals surface area contributed by atoms with E-state index in [1.54, 1.807) is 6.07 Å². The van der Waals surface area contributed by atoms with Crippen LogP contribution in [-0.4, -0.2) is 38.1 Å². The van der Waals surface area contributed by atoms with Gasteiger partial charge in [-0.1, -0.05) is 19.1 Å². The first-order valence-corrected chi connectivity index (χ1v) is 6.59. The summed E-state index contributed by atoms with van der Waals surface area (Å²) in [6, 6.07) is 4.90. The number of halogens is 1. The molecule has 0 radical (unpaired) electrons. The van der Waals surface area contributed by atoms with Gasteiger partial charge >= 0.3 is 0 Å². The fourth-order valence-corrected chi connectivity index (χ4v) is 1.62. The summed E-state index contributed by atoms with van der Waals surface area (Å²) in [5, 5.41) is 11.8. The van der Waals surface area contributed by atoms with Crippen LogP contribution in [0, 0.1) is 5.82 Å². The number of rotatable bonds is 10. The van der Waals surface area contributed by atoms with Gasteiger partial charge < -0.3 is 19.9 Å². The Labute approximate surface area is 113 Å². The van der Waals surface area contributed by atoms with Gasteiger partial charge in [-0.2, -0.15) is 0 Å². The lowest BCUT2D eigenvalue weighted by Crippen LogP contribution is -2.16. The van der Waals surface area contributed by atoms with Gasteiger partial charge in [0.05, 0.1) is 19.8 Å². The molecule has 0 aromatic heterocycles. The van der Waals surface area contributed by atoms with E-state index in [4.69, 9.17) is 14.6 Å². The standard InChI is InChI=1S/C14H22FNO3/c1-2-6-16-11-12-4-3-5-13(15)14(12)19-10-9-18-8-7-17/h3-5,16-17H,2,6-11H2,1H3. The lowest BCUT2D eigenvalue weighted by molar-refractivity contribution is 0.0694. The molecule has 1 rings (SSSR count). The first kappa shape index (κ1) is 15.9. The van der Waals surface area contributed by atoms with E-state index in [0.717, 1.165) is 18.5 Å². The quantitative estimate of drug-likeness (QED) is 0.636. The molecule has 0 unspecified atom stereocenters. The van der Waals surface area contributed by atoms with Gasteiger partial charge in [0.15, 0.2) is 11.6 Å². The summed E-state index contributed by atoms with van der Waals surface area (Å²) < 4.78 is 24.2. The third kappa shape index (κ3) is 6.00. The largest absolute Gasteiger partial charge is 0.488 e. The summed E-state index contributed by atoms with van der Waals surface area (Å²) in [6.07, 6.45) is 1.03. The molecule has 0 amide bonds. The Morgan fingerprint density at radius 2 is 2.11 bits per heavy atom. The maximum atomic E-state index is 13.7. The van der Waals surface area contributed by atoms with Crippen molar-refractivity contribution in [2.45, 2.75) is 19.9 Å². The normalized spacial score (nSPS) is 10.7. The van der Waals surface area contributed by atoms with Crippen LogP contribution in [0.1, 0.15) is 18.9 Å². The zero-order valence-corrected chi connectivity index (χ0v) is 11.3. The fraction of sp³-hybridized carbons (Fsp3) is 0.571. The van der Waals surface area contributed by atoms with Crippen molar-refractivity contribution < 1.29 is 19.0 Å². The van der Waals surface area contributed by atoms with Crippen LogP contribution in [0.3, 0.4) is 0 Å². The van der Waals surface area contributed by atoms with Crippen molar-refractivity contribution in [2.24, 2.45) is 0 Å². The summed E-state index contributed by atoms with van der Waals surface area (Å²) >= 11 is 0. The number of ether oxygens (including phenoxy) is 2. The van der Waals surface area contributed by atoms with Crippen LogP contribution in [0.4, 0.5) is 4.39 Å². The molecule has 0 fully saturated rings. The van der Waals surface area contributed by atoms with Gasteiger partial charge in [-0.3, -0.25) is 0 Å². The van der Waals surface area contributed by atoms with Crippen molar-refractivity contribution in [1.29, 1.82) is 0 Å². The van der Waals surface area contributed by atoms with Gasteiger partial charge in [0.2, 0.25) is 0 Å². The first-order valence-electron chi connectivity index (χ1n) is 6.59. The molecule has 5 heteroatoms. The average Bonchev–Trinajstić information content (AvgIpc) is 2.41. The second kappa shape index (κ2) is 9.72. The molecule has 4 nitrogen and oxygen atoms in total. The van der Waals surface area contributed by atoms with Gasteiger partial charge in [-0.25, -0.2) is 4.39 Å². The van der Waals surface area contributed by atoms with E-state index in [-0.39, 0.29) is 31.4 Å². The molecular formula is C14H22FNO3. The van der Waals surface area contributed by atoms with E-state index in [1.807, 2.05) is 6.07 Å². The molecule has 108 valence electrons. The summed E-state index contributed by atoms with van der Waals surface area (Å²) in [5.41, 5.74) is 0.801. The molecule has 0 aliphatic rings. The van der Waals surface area contributed by atoms with Crippen LogP contribution in [0.25, 0.3) is 0 Å². The Kier molecular flexibility index (Phi) is 8.13. The molecule has 0 saturated heterocycles. The molecule has 0 aliphatic heterocycles. The molecule has 2 N–H and O–H groups in total. The molecule has 1 aromatic carbocycles. The van der Waals surface area contributed by atoms with Crippen LogP contribution in [-0.2, 0) is 11.3 Å². The lowest BCUT2D eigenvalue weighted by Gasteiger charge is -2.13. The Hall–Kier alpha value is -1.17. The van der Waals surface area contributed by atoms with Crippen molar-refractivity contribution in [3.8, 4) is 5.75 Å². The van der Waals surface area contributed by atoms with E-state index in [2.05, 4.69) is 12.2 Å². The molecule has 0 spiro atoms. The molecule has 0 saturated carbocycles. The molecule has 0 atom stereocenters. The monoisotopic (exact) mass is 271 g/mol. The highest BCUT2D eigenvalue weighted by atomic mass is 19.1. The smallest absolute Gasteiger partial charge is 0.165 e. The van der Waals surface area contributed by atoms with Gasteiger partial charge in [-0.15, -0.1) is 0 Å². The second-order valence-electron chi connectivity index (χ2n) is 4.09. The van der Waals surface area contributed by atoms with E-state index in [0.29, 0.717) is 13.2 Å². The third-order valence-corrected chi connectivity index (χ3v) is 2.50. The minimum absolute atomic E-state index is 0.0219. The number of benzene rings is 1. The highest BCUT2D eigenvalue weighted by Crippen LogP contribution is 2.22. The van der Waals surface area contributed by atoms with Crippen LogP contribution < -0.4 is 10.1 Å². The Morgan fingerprint density at radius 3 is 2.84 bits per heavy atom. The molecule has 0 aliphatic carbocycles. The topological polar surface area (TPSA) is 50.7 Å². The number of nitrogens with one attached hydrogen (secondary N) is 1. The van der Waals surface area contributed by atoms with E-state index < -0.39 is 0 Å². The lowest BCUT2D eigenvalue weighted by atomic mass is 10.2. The number of hydrogen-bond donors (Lipinski definition) is 2. The van der Waals surface area contributed by atoms with Crippen molar-refractivity contribution >= 4 is 0 Å². The minimum atomic E-state index is -0.363. The maximum absolute atomic E-state index is 13.7. The number of hydrogen-bond acceptors (Lipinski definition) is 4. The summed E-state index contributed by atoms with van der Waals surface area (Å²) in [5.74, 6) is -0.0864. The summed E-state index contributed by atoms with van der Waals surface area (Å²) in [6.45, 7) is 4.39. The summed E-state index contributed by atoms with van der Waals surface area (Å²) in [4.78, 5) is 0. The maximum Gasteiger partial charge on any atom is 0.165 e. The van der Waals surface area contributed by atoms with E-state index in [1.165, 1.54) is 6.07 Å².